The highest BCUT2D eigenvalue weighted by atomic mass is 19.1. The quantitative estimate of drug-likeness (QED) is 0.849. The van der Waals surface area contributed by atoms with E-state index in [4.69, 9.17) is 0 Å². The van der Waals surface area contributed by atoms with Crippen LogP contribution in [0.25, 0.3) is 0 Å². The number of hydrogen-bond acceptors (Lipinski definition) is 2. The number of nitrogens with zero attached hydrogens (tertiary/aromatic N) is 1. The first-order chi connectivity index (χ1) is 9.06. The van der Waals surface area contributed by atoms with E-state index in [9.17, 15) is 4.39 Å². The van der Waals surface area contributed by atoms with E-state index in [1.165, 1.54) is 5.56 Å². The number of anilines is 1. The van der Waals surface area contributed by atoms with Crippen LogP contribution in [0.4, 0.5) is 10.1 Å². The molecule has 0 bridgehead atoms. The lowest BCUT2D eigenvalue weighted by Crippen LogP contribution is -2.33. The molecule has 0 spiro atoms. The van der Waals surface area contributed by atoms with Gasteiger partial charge in [0.25, 0.3) is 0 Å². The summed E-state index contributed by atoms with van der Waals surface area (Å²) >= 11 is 0. The zero-order valence-corrected chi connectivity index (χ0v) is 12.2. The molecule has 0 saturated heterocycles. The lowest BCUT2D eigenvalue weighted by Gasteiger charge is -2.24. The fourth-order valence-corrected chi connectivity index (χ4v) is 2.67. The van der Waals surface area contributed by atoms with Crippen molar-refractivity contribution in [2.24, 2.45) is 11.8 Å². The van der Waals surface area contributed by atoms with Crippen LogP contribution in [0.15, 0.2) is 18.2 Å². The Balaban J connectivity index is 1.86. The molecule has 1 aliphatic rings. The summed E-state index contributed by atoms with van der Waals surface area (Å²) in [4.78, 5) is 2.32. The molecule has 0 aliphatic carbocycles. The standard InChI is InChI=1S/C16H25FN2/c1-12(2)9-18-10-13(3)11-19-7-6-14-4-5-15(17)8-16(14)19/h4-5,8,12-13,18H,6-7,9-11H2,1-3H3. The highest BCUT2D eigenvalue weighted by Crippen LogP contribution is 2.29. The molecule has 2 nitrogen and oxygen atoms in total. The first-order valence-corrected chi connectivity index (χ1v) is 7.30. The van der Waals surface area contributed by atoms with Crippen LogP contribution in [0.3, 0.4) is 0 Å². The minimum atomic E-state index is -0.128. The molecule has 0 aromatic heterocycles. The van der Waals surface area contributed by atoms with Gasteiger partial charge in [-0.2, -0.15) is 0 Å². The Bertz CT molecular complexity index is 417. The predicted molar refractivity (Wildman–Crippen MR) is 79.2 cm³/mol. The van der Waals surface area contributed by atoms with Gasteiger partial charge in [-0.15, -0.1) is 0 Å². The third-order valence-electron chi connectivity index (χ3n) is 3.62. The van der Waals surface area contributed by atoms with Crippen LogP contribution in [0, 0.1) is 17.7 Å². The molecule has 0 amide bonds. The number of rotatable bonds is 6. The maximum atomic E-state index is 13.3. The summed E-state index contributed by atoms with van der Waals surface area (Å²) in [6.45, 7) is 10.8. The maximum absolute atomic E-state index is 13.3. The van der Waals surface area contributed by atoms with Crippen molar-refractivity contribution in [2.75, 3.05) is 31.1 Å². The second kappa shape index (κ2) is 6.38. The maximum Gasteiger partial charge on any atom is 0.125 e. The third kappa shape index (κ3) is 3.93. The molecule has 1 aromatic carbocycles. The molecular weight excluding hydrogens is 239 g/mol. The second-order valence-electron chi connectivity index (χ2n) is 6.13. The van der Waals surface area contributed by atoms with Gasteiger partial charge in [0.05, 0.1) is 0 Å². The highest BCUT2D eigenvalue weighted by Gasteiger charge is 2.20. The van der Waals surface area contributed by atoms with E-state index in [1.807, 2.05) is 6.07 Å². The lowest BCUT2D eigenvalue weighted by atomic mass is 10.1. The number of benzene rings is 1. The largest absolute Gasteiger partial charge is 0.371 e. The zero-order chi connectivity index (χ0) is 13.8. The summed E-state index contributed by atoms with van der Waals surface area (Å²) in [5.74, 6) is 1.14. The average Bonchev–Trinajstić information content (AvgIpc) is 2.71. The van der Waals surface area contributed by atoms with E-state index >= 15 is 0 Å². The van der Waals surface area contributed by atoms with Crippen LogP contribution in [0.2, 0.25) is 0 Å². The van der Waals surface area contributed by atoms with Crippen LogP contribution < -0.4 is 10.2 Å². The highest BCUT2D eigenvalue weighted by molar-refractivity contribution is 5.58. The van der Waals surface area contributed by atoms with Gasteiger partial charge in [0, 0.05) is 18.8 Å². The van der Waals surface area contributed by atoms with Crippen molar-refractivity contribution in [1.29, 1.82) is 0 Å². The van der Waals surface area contributed by atoms with Crippen molar-refractivity contribution in [1.82, 2.24) is 5.32 Å². The molecule has 1 N–H and O–H groups in total. The van der Waals surface area contributed by atoms with Crippen LogP contribution in [-0.2, 0) is 6.42 Å². The molecule has 0 fully saturated rings. The summed E-state index contributed by atoms with van der Waals surface area (Å²) in [6, 6.07) is 5.17. The lowest BCUT2D eigenvalue weighted by molar-refractivity contribution is 0.472. The van der Waals surface area contributed by atoms with Crippen molar-refractivity contribution >= 4 is 5.69 Å². The smallest absolute Gasteiger partial charge is 0.125 e. The average molecular weight is 264 g/mol. The van der Waals surface area contributed by atoms with E-state index in [2.05, 4.69) is 31.0 Å². The SMILES string of the molecule is CC(C)CNCC(C)CN1CCc2ccc(F)cc21. The van der Waals surface area contributed by atoms with E-state index in [0.717, 1.165) is 38.3 Å². The first-order valence-electron chi connectivity index (χ1n) is 7.30. The third-order valence-corrected chi connectivity index (χ3v) is 3.62. The topological polar surface area (TPSA) is 15.3 Å². The van der Waals surface area contributed by atoms with E-state index in [-0.39, 0.29) is 5.82 Å². The molecule has 1 atom stereocenters. The molecule has 1 aliphatic heterocycles. The molecular formula is C16H25FN2. The number of hydrogen-bond donors (Lipinski definition) is 1. The van der Waals surface area contributed by atoms with Crippen LogP contribution >= 0.6 is 0 Å². The molecule has 0 radical (unpaired) electrons. The number of nitrogens with one attached hydrogen (secondary N) is 1. The Morgan fingerprint density at radius 1 is 1.26 bits per heavy atom. The van der Waals surface area contributed by atoms with Gasteiger partial charge in [0.1, 0.15) is 5.82 Å². The van der Waals surface area contributed by atoms with Gasteiger partial charge in [-0.1, -0.05) is 26.8 Å². The summed E-state index contributed by atoms with van der Waals surface area (Å²) in [5, 5.41) is 3.49. The Morgan fingerprint density at radius 2 is 2.05 bits per heavy atom. The summed E-state index contributed by atoms with van der Waals surface area (Å²) in [7, 11) is 0. The Morgan fingerprint density at radius 3 is 2.79 bits per heavy atom. The molecule has 1 aromatic rings. The van der Waals surface area contributed by atoms with Gasteiger partial charge >= 0.3 is 0 Å². The van der Waals surface area contributed by atoms with Gasteiger partial charge < -0.3 is 10.2 Å². The van der Waals surface area contributed by atoms with Crippen LogP contribution in [0.1, 0.15) is 26.3 Å². The van der Waals surface area contributed by atoms with Crippen molar-refractivity contribution < 1.29 is 4.39 Å². The number of halogens is 1. The van der Waals surface area contributed by atoms with Crippen LogP contribution in [0.5, 0.6) is 0 Å². The summed E-state index contributed by atoms with van der Waals surface area (Å²) in [6.07, 6.45) is 1.04. The normalized spacial score (nSPS) is 15.9. The molecule has 1 heterocycles. The molecule has 106 valence electrons. The van der Waals surface area contributed by atoms with Gasteiger partial charge in [-0.25, -0.2) is 4.39 Å². The van der Waals surface area contributed by atoms with Crippen molar-refractivity contribution in [3.05, 3.63) is 29.6 Å². The molecule has 19 heavy (non-hydrogen) atoms. The Kier molecular flexibility index (Phi) is 4.81. The van der Waals surface area contributed by atoms with Crippen molar-refractivity contribution in [3.63, 3.8) is 0 Å². The van der Waals surface area contributed by atoms with E-state index in [0.29, 0.717) is 11.8 Å². The van der Waals surface area contributed by atoms with Gasteiger partial charge in [-0.05, 0) is 49.0 Å². The predicted octanol–water partition coefficient (Wildman–Crippen LogP) is 3.07. The van der Waals surface area contributed by atoms with E-state index in [1.54, 1.807) is 12.1 Å². The Hall–Kier alpha value is -1.09. The minimum Gasteiger partial charge on any atom is -0.371 e. The summed E-state index contributed by atoms with van der Waals surface area (Å²) < 4.78 is 13.3. The fourth-order valence-electron chi connectivity index (χ4n) is 2.67. The van der Waals surface area contributed by atoms with Gasteiger partial charge in [-0.3, -0.25) is 0 Å². The molecule has 3 heteroatoms. The second-order valence-corrected chi connectivity index (χ2v) is 6.13. The van der Waals surface area contributed by atoms with Crippen molar-refractivity contribution in [3.8, 4) is 0 Å². The number of fused-ring (bicyclic) bond motifs is 1. The van der Waals surface area contributed by atoms with Gasteiger partial charge in [0.2, 0.25) is 0 Å². The van der Waals surface area contributed by atoms with Gasteiger partial charge in [0.15, 0.2) is 0 Å². The molecule has 1 unspecified atom stereocenters. The minimum absolute atomic E-state index is 0.128. The van der Waals surface area contributed by atoms with Crippen LogP contribution in [-0.4, -0.2) is 26.2 Å². The first kappa shape index (κ1) is 14.3. The van der Waals surface area contributed by atoms with E-state index < -0.39 is 0 Å². The Labute approximate surface area is 116 Å². The monoisotopic (exact) mass is 264 g/mol. The molecule has 0 saturated carbocycles. The zero-order valence-electron chi connectivity index (χ0n) is 12.2. The summed E-state index contributed by atoms with van der Waals surface area (Å²) in [5.41, 5.74) is 2.37. The van der Waals surface area contributed by atoms with Crippen molar-refractivity contribution in [2.45, 2.75) is 27.2 Å². The molecule has 2 rings (SSSR count). The fraction of sp³-hybridized carbons (Fsp3) is 0.625.